The fourth-order valence-corrected chi connectivity index (χ4v) is 7.06. The maximum absolute atomic E-state index is 17.2. The van der Waals surface area contributed by atoms with Crippen LogP contribution in [0.25, 0.3) is 17.1 Å². The lowest BCUT2D eigenvalue weighted by Gasteiger charge is -2.42. The van der Waals surface area contributed by atoms with Crippen LogP contribution >= 0.6 is 0 Å². The van der Waals surface area contributed by atoms with Gasteiger partial charge < -0.3 is 19.5 Å². The van der Waals surface area contributed by atoms with Crippen molar-refractivity contribution in [2.45, 2.75) is 43.4 Å². The van der Waals surface area contributed by atoms with Gasteiger partial charge in [0, 0.05) is 23.5 Å². The van der Waals surface area contributed by atoms with E-state index in [4.69, 9.17) is 19.2 Å². The van der Waals surface area contributed by atoms with E-state index < -0.39 is 28.4 Å². The summed E-state index contributed by atoms with van der Waals surface area (Å²) in [5.74, 6) is -2.57. The standard InChI is InChI=1S/C43H40F3N5O3/c1-40(2)43(45,46)41(3,35-25-29(14-23-36(35)44)37-26-51(28-48-37)39-13-9-10-24-47-39)49-38(27-54-40)50-42(30-11-7-6-8-12-30,31-15-19-33(52-4)20-16-31)32-17-21-34(53-5)22-18-32/h6-26,28H,27H2,1-5H3,(H,49,50). The third-order valence-electron chi connectivity index (χ3n) is 10.2. The minimum absolute atomic E-state index is 0.0856. The number of hydrogen-bond donors (Lipinski definition) is 1. The number of imidazole rings is 1. The Hall–Kier alpha value is -5.94. The normalized spacial score (nSPS) is 18.0. The second-order valence-corrected chi connectivity index (χ2v) is 13.8. The molecule has 6 aromatic rings. The molecule has 0 spiro atoms. The van der Waals surface area contributed by atoms with Gasteiger partial charge in [-0.15, -0.1) is 0 Å². The molecule has 0 amide bonds. The highest BCUT2D eigenvalue weighted by atomic mass is 19.3. The second kappa shape index (κ2) is 14.1. The molecule has 54 heavy (non-hydrogen) atoms. The summed E-state index contributed by atoms with van der Waals surface area (Å²) in [4.78, 5) is 13.7. The van der Waals surface area contributed by atoms with Gasteiger partial charge in [-0.05, 0) is 92.1 Å². The Labute approximate surface area is 312 Å². The van der Waals surface area contributed by atoms with Crippen molar-refractivity contribution in [2.75, 3.05) is 20.8 Å². The Kier molecular flexibility index (Phi) is 9.53. The number of aromatic nitrogens is 3. The third-order valence-corrected chi connectivity index (χ3v) is 10.2. The van der Waals surface area contributed by atoms with Crippen molar-refractivity contribution in [1.29, 1.82) is 0 Å². The molecule has 7 rings (SSSR count). The summed E-state index contributed by atoms with van der Waals surface area (Å²) in [5.41, 5.74) is -2.86. The zero-order chi connectivity index (χ0) is 38.1. The Bertz CT molecular complexity index is 2210. The van der Waals surface area contributed by atoms with Crippen molar-refractivity contribution in [3.8, 4) is 28.6 Å². The first-order valence-electron chi connectivity index (χ1n) is 17.4. The van der Waals surface area contributed by atoms with E-state index in [1.165, 1.54) is 39.0 Å². The lowest BCUT2D eigenvalue weighted by Crippen LogP contribution is -2.56. The molecule has 2 aromatic heterocycles. The van der Waals surface area contributed by atoms with Crippen molar-refractivity contribution in [3.63, 3.8) is 0 Å². The summed E-state index contributed by atoms with van der Waals surface area (Å²) in [6.45, 7) is 3.54. The van der Waals surface area contributed by atoms with Crippen LogP contribution in [0, 0.1) is 5.82 Å². The third kappa shape index (κ3) is 6.28. The predicted octanol–water partition coefficient (Wildman–Crippen LogP) is 8.73. The number of nitrogens with one attached hydrogen (secondary N) is 1. The van der Waals surface area contributed by atoms with Crippen LogP contribution in [0.2, 0.25) is 0 Å². The number of methoxy groups -OCH3 is 2. The summed E-state index contributed by atoms with van der Waals surface area (Å²) in [6, 6.07) is 34.1. The van der Waals surface area contributed by atoms with Gasteiger partial charge in [-0.1, -0.05) is 60.7 Å². The minimum atomic E-state index is -3.72. The predicted molar refractivity (Wildman–Crippen MR) is 202 cm³/mol. The average molecular weight is 732 g/mol. The molecule has 0 fully saturated rings. The van der Waals surface area contributed by atoms with Crippen LogP contribution in [0.3, 0.4) is 0 Å². The fourth-order valence-electron chi connectivity index (χ4n) is 7.06. The average Bonchev–Trinajstić information content (AvgIpc) is 3.68. The number of halogens is 3. The largest absolute Gasteiger partial charge is 0.497 e. The first-order valence-corrected chi connectivity index (χ1v) is 17.4. The van der Waals surface area contributed by atoms with Crippen molar-refractivity contribution in [2.24, 2.45) is 4.99 Å². The zero-order valence-electron chi connectivity index (χ0n) is 30.6. The number of nitrogens with zero attached hydrogens (tertiary/aromatic N) is 4. The number of benzene rings is 4. The minimum Gasteiger partial charge on any atom is -0.497 e. The number of hydrogen-bond acceptors (Lipinski definition) is 7. The molecule has 0 saturated heterocycles. The molecule has 4 aromatic carbocycles. The molecular weight excluding hydrogens is 691 g/mol. The molecule has 1 unspecified atom stereocenters. The lowest BCUT2D eigenvalue weighted by atomic mass is 9.76. The first kappa shape index (κ1) is 36.4. The molecule has 1 aliphatic rings. The molecule has 1 atom stereocenters. The molecule has 0 aliphatic carbocycles. The highest BCUT2D eigenvalue weighted by Crippen LogP contribution is 2.51. The van der Waals surface area contributed by atoms with Crippen LogP contribution in [-0.4, -0.2) is 52.7 Å². The Balaban J connectivity index is 1.42. The van der Waals surface area contributed by atoms with Gasteiger partial charge in [-0.25, -0.2) is 23.1 Å². The van der Waals surface area contributed by atoms with E-state index in [0.717, 1.165) is 16.7 Å². The van der Waals surface area contributed by atoms with E-state index >= 15 is 13.2 Å². The monoisotopic (exact) mass is 731 g/mol. The summed E-state index contributed by atoms with van der Waals surface area (Å²) in [5, 5.41) is 3.59. The number of ether oxygens (including phenoxy) is 3. The molecule has 8 nitrogen and oxygen atoms in total. The highest BCUT2D eigenvalue weighted by Gasteiger charge is 2.64. The van der Waals surface area contributed by atoms with E-state index in [0.29, 0.717) is 28.6 Å². The van der Waals surface area contributed by atoms with Crippen LogP contribution in [0.5, 0.6) is 11.5 Å². The van der Waals surface area contributed by atoms with Gasteiger partial charge in [0.1, 0.15) is 53.0 Å². The van der Waals surface area contributed by atoms with Crippen LogP contribution in [0.4, 0.5) is 13.2 Å². The van der Waals surface area contributed by atoms with Crippen molar-refractivity contribution in [3.05, 3.63) is 162 Å². The van der Waals surface area contributed by atoms with Gasteiger partial charge >= 0.3 is 5.92 Å². The number of alkyl halides is 2. The molecule has 11 heteroatoms. The van der Waals surface area contributed by atoms with E-state index in [-0.39, 0.29) is 18.0 Å². The van der Waals surface area contributed by atoms with Crippen molar-refractivity contribution >= 4 is 5.84 Å². The van der Waals surface area contributed by atoms with E-state index in [2.05, 4.69) is 15.3 Å². The number of amidine groups is 1. The van der Waals surface area contributed by atoms with Crippen molar-refractivity contribution in [1.82, 2.24) is 19.9 Å². The highest BCUT2D eigenvalue weighted by molar-refractivity contribution is 5.87. The van der Waals surface area contributed by atoms with Crippen LogP contribution < -0.4 is 14.8 Å². The molecule has 0 radical (unpaired) electrons. The van der Waals surface area contributed by atoms with Crippen LogP contribution in [0.15, 0.2) is 139 Å². The second-order valence-electron chi connectivity index (χ2n) is 13.8. The Morgan fingerprint density at radius 3 is 1.96 bits per heavy atom. The van der Waals surface area contributed by atoms with Gasteiger partial charge in [0.25, 0.3) is 0 Å². The summed E-state index contributed by atoms with van der Waals surface area (Å²) < 4.78 is 69.3. The van der Waals surface area contributed by atoms with Crippen LogP contribution in [0.1, 0.15) is 43.0 Å². The Morgan fingerprint density at radius 1 is 0.759 bits per heavy atom. The number of rotatable bonds is 9. The quantitative estimate of drug-likeness (QED) is 0.150. The molecular formula is C43H40F3N5O3. The zero-order valence-corrected chi connectivity index (χ0v) is 30.6. The van der Waals surface area contributed by atoms with Gasteiger partial charge in [0.15, 0.2) is 5.54 Å². The molecule has 1 aliphatic heterocycles. The van der Waals surface area contributed by atoms with Crippen LogP contribution in [-0.2, 0) is 15.8 Å². The fraction of sp³-hybridized carbons (Fsp3) is 0.233. The Morgan fingerprint density at radius 2 is 1.37 bits per heavy atom. The summed E-state index contributed by atoms with van der Waals surface area (Å²) >= 11 is 0. The number of aliphatic imine (C=N–C) groups is 1. The maximum atomic E-state index is 17.2. The maximum Gasteiger partial charge on any atom is 0.304 e. The van der Waals surface area contributed by atoms with Crippen molar-refractivity contribution < 1.29 is 27.4 Å². The van der Waals surface area contributed by atoms with E-state index in [1.54, 1.807) is 43.6 Å². The van der Waals surface area contributed by atoms with E-state index in [1.807, 2.05) is 91.0 Å². The number of pyridine rings is 1. The van der Waals surface area contributed by atoms with E-state index in [9.17, 15) is 0 Å². The SMILES string of the molecule is COc1ccc(C(NC2=NC(C)(c3cc(-c4cn(-c5ccccn5)cn4)ccc3F)C(F)(F)C(C)(C)OC2)(c2ccccc2)c2ccc(OC)cc2)cc1. The first-order chi connectivity index (χ1) is 25.9. The summed E-state index contributed by atoms with van der Waals surface area (Å²) in [6.07, 6.45) is 4.94. The molecule has 0 saturated carbocycles. The topological polar surface area (TPSA) is 82.8 Å². The molecule has 1 N–H and O–H groups in total. The molecule has 276 valence electrons. The van der Waals surface area contributed by atoms with Gasteiger partial charge in [-0.3, -0.25) is 9.56 Å². The van der Waals surface area contributed by atoms with Gasteiger partial charge in [-0.2, -0.15) is 0 Å². The molecule has 3 heterocycles. The molecule has 0 bridgehead atoms. The summed E-state index contributed by atoms with van der Waals surface area (Å²) in [7, 11) is 3.17. The lowest BCUT2D eigenvalue weighted by molar-refractivity contribution is -0.214. The van der Waals surface area contributed by atoms with Gasteiger partial charge in [0.05, 0.1) is 19.9 Å². The van der Waals surface area contributed by atoms with Gasteiger partial charge in [0.2, 0.25) is 0 Å². The smallest absolute Gasteiger partial charge is 0.304 e.